The van der Waals surface area contributed by atoms with Crippen LogP contribution in [0.3, 0.4) is 0 Å². The van der Waals surface area contributed by atoms with Gasteiger partial charge in [-0.1, -0.05) is 48.5 Å². The minimum Gasteiger partial charge on any atom is -0.545 e. The van der Waals surface area contributed by atoms with E-state index in [1.807, 2.05) is 55.5 Å². The summed E-state index contributed by atoms with van der Waals surface area (Å²) in [6, 6.07) is 18.6. The van der Waals surface area contributed by atoms with Gasteiger partial charge in [0.25, 0.3) is 5.56 Å². The fourth-order valence-corrected chi connectivity index (χ4v) is 3.30. The molecule has 5 nitrogen and oxygen atoms in total. The van der Waals surface area contributed by atoms with Crippen LogP contribution >= 0.6 is 0 Å². The Hall–Kier alpha value is -3.73. The van der Waals surface area contributed by atoms with Crippen molar-refractivity contribution >= 4 is 39.9 Å². The molecule has 0 N–H and O–H groups in total. The summed E-state index contributed by atoms with van der Waals surface area (Å²) in [5.41, 5.74) is 2.07. The molecule has 0 spiro atoms. The van der Waals surface area contributed by atoms with E-state index >= 15 is 0 Å². The molecule has 0 saturated carbocycles. The van der Waals surface area contributed by atoms with Crippen LogP contribution in [0.1, 0.15) is 28.5 Å². The Kier molecular flexibility index (Phi) is 4.49. The van der Waals surface area contributed by atoms with Crippen molar-refractivity contribution in [3.63, 3.8) is 0 Å². The monoisotopic (exact) mass is 369 g/mol. The number of hydrogen-bond donors (Lipinski definition) is 0. The molecule has 3 aromatic carbocycles. The van der Waals surface area contributed by atoms with Crippen molar-refractivity contribution in [3.05, 3.63) is 87.8 Å². The standard InChI is InChI=1S/C23H18N2O3/c1-2-25-21-12-10-18(23(27)28)14-20(21)24-19(22(25)26)11-8-15-7-9-16-5-3-4-6-17(16)13-15/h3-14H,2H2,1H3,(H,27,28)/p-1/b11-8+. The quantitative estimate of drug-likeness (QED) is 0.554. The molecule has 0 aliphatic rings. The van der Waals surface area contributed by atoms with Crippen LogP contribution in [0, 0.1) is 0 Å². The van der Waals surface area contributed by atoms with Gasteiger partial charge in [0.1, 0.15) is 5.69 Å². The fraction of sp³-hybridized carbons (Fsp3) is 0.0870. The molecule has 5 heteroatoms. The Balaban J connectivity index is 1.82. The number of aromatic nitrogens is 2. The minimum absolute atomic E-state index is 0.0331. The average molecular weight is 369 g/mol. The predicted octanol–water partition coefficient (Wildman–Crippen LogP) is 3.10. The first-order chi connectivity index (χ1) is 13.6. The summed E-state index contributed by atoms with van der Waals surface area (Å²) in [7, 11) is 0. The Morgan fingerprint density at radius 3 is 2.57 bits per heavy atom. The third-order valence-corrected chi connectivity index (χ3v) is 4.73. The van der Waals surface area contributed by atoms with Crippen LogP contribution in [0.2, 0.25) is 0 Å². The van der Waals surface area contributed by atoms with Gasteiger partial charge < -0.3 is 14.5 Å². The second-order valence-electron chi connectivity index (χ2n) is 6.48. The van der Waals surface area contributed by atoms with Gasteiger partial charge in [-0.25, -0.2) is 4.98 Å². The highest BCUT2D eigenvalue weighted by Crippen LogP contribution is 2.18. The number of carboxylic acid groups (broad SMARTS) is 1. The van der Waals surface area contributed by atoms with Crippen molar-refractivity contribution in [2.24, 2.45) is 0 Å². The highest BCUT2D eigenvalue weighted by Gasteiger charge is 2.09. The first-order valence-corrected chi connectivity index (χ1v) is 8.99. The van der Waals surface area contributed by atoms with E-state index in [0.717, 1.165) is 16.3 Å². The predicted molar refractivity (Wildman–Crippen MR) is 109 cm³/mol. The third-order valence-electron chi connectivity index (χ3n) is 4.73. The van der Waals surface area contributed by atoms with Crippen LogP contribution < -0.4 is 10.7 Å². The average Bonchev–Trinajstić information content (AvgIpc) is 2.71. The van der Waals surface area contributed by atoms with Crippen molar-refractivity contribution in [2.45, 2.75) is 13.5 Å². The highest BCUT2D eigenvalue weighted by atomic mass is 16.4. The van der Waals surface area contributed by atoms with Gasteiger partial charge in [0.2, 0.25) is 0 Å². The molecular weight excluding hydrogens is 352 g/mol. The van der Waals surface area contributed by atoms with Gasteiger partial charge in [-0.2, -0.15) is 0 Å². The van der Waals surface area contributed by atoms with Crippen LogP contribution in [-0.4, -0.2) is 15.5 Å². The number of aromatic carboxylic acids is 1. The van der Waals surface area contributed by atoms with Gasteiger partial charge in [0, 0.05) is 6.54 Å². The summed E-state index contributed by atoms with van der Waals surface area (Å²) in [6.07, 6.45) is 3.51. The number of rotatable bonds is 4. The molecular formula is C23H17N2O3-. The van der Waals surface area contributed by atoms with Crippen LogP contribution in [0.5, 0.6) is 0 Å². The molecule has 0 amide bonds. The van der Waals surface area contributed by atoms with E-state index in [-0.39, 0.29) is 16.8 Å². The normalized spacial score (nSPS) is 11.5. The van der Waals surface area contributed by atoms with E-state index in [4.69, 9.17) is 0 Å². The number of carbonyl (C=O) groups is 1. The molecule has 1 aromatic heterocycles. The fourth-order valence-electron chi connectivity index (χ4n) is 3.30. The molecule has 1 heterocycles. The van der Waals surface area contributed by atoms with Gasteiger partial charge in [0.05, 0.1) is 17.0 Å². The lowest BCUT2D eigenvalue weighted by Crippen LogP contribution is -2.25. The van der Waals surface area contributed by atoms with E-state index in [9.17, 15) is 14.7 Å². The number of fused-ring (bicyclic) bond motifs is 2. The van der Waals surface area contributed by atoms with Crippen molar-refractivity contribution in [2.75, 3.05) is 0 Å². The van der Waals surface area contributed by atoms with Crippen molar-refractivity contribution < 1.29 is 9.90 Å². The lowest BCUT2D eigenvalue weighted by molar-refractivity contribution is -0.255. The maximum absolute atomic E-state index is 12.8. The van der Waals surface area contributed by atoms with Crippen LogP contribution in [-0.2, 0) is 6.54 Å². The van der Waals surface area contributed by atoms with E-state index in [1.165, 1.54) is 12.1 Å². The molecule has 0 bridgehead atoms. The number of hydrogen-bond acceptors (Lipinski definition) is 4. The molecule has 0 aliphatic carbocycles. The van der Waals surface area contributed by atoms with E-state index in [1.54, 1.807) is 16.7 Å². The van der Waals surface area contributed by atoms with E-state index in [2.05, 4.69) is 4.98 Å². The summed E-state index contributed by atoms with van der Waals surface area (Å²) in [6.45, 7) is 2.32. The molecule has 0 atom stereocenters. The number of carboxylic acids is 1. The smallest absolute Gasteiger partial charge is 0.276 e. The highest BCUT2D eigenvalue weighted by molar-refractivity contribution is 5.91. The molecule has 0 unspecified atom stereocenters. The second-order valence-corrected chi connectivity index (χ2v) is 6.48. The first kappa shape index (κ1) is 17.7. The first-order valence-electron chi connectivity index (χ1n) is 8.99. The lowest BCUT2D eigenvalue weighted by atomic mass is 10.1. The Morgan fingerprint density at radius 2 is 1.82 bits per heavy atom. The van der Waals surface area contributed by atoms with E-state index < -0.39 is 5.97 Å². The SMILES string of the molecule is CCn1c(=O)c(/C=C/c2ccc3ccccc3c2)nc2cc(C(=O)[O-])ccc21. The molecule has 0 radical (unpaired) electrons. The number of aryl methyl sites for hydroxylation is 1. The van der Waals surface area contributed by atoms with Gasteiger partial charge >= 0.3 is 0 Å². The minimum atomic E-state index is -1.27. The number of benzene rings is 3. The van der Waals surface area contributed by atoms with Crippen molar-refractivity contribution in [1.29, 1.82) is 0 Å². The van der Waals surface area contributed by atoms with Gasteiger partial charge in [-0.05, 0) is 53.1 Å². The lowest BCUT2D eigenvalue weighted by Gasteiger charge is -2.10. The number of carbonyl (C=O) groups excluding carboxylic acids is 1. The molecule has 4 aromatic rings. The Morgan fingerprint density at radius 1 is 1.04 bits per heavy atom. The Bertz CT molecular complexity index is 1300. The third kappa shape index (κ3) is 3.18. The van der Waals surface area contributed by atoms with Crippen molar-refractivity contribution in [1.82, 2.24) is 9.55 Å². The van der Waals surface area contributed by atoms with Gasteiger partial charge in [-0.3, -0.25) is 4.79 Å². The zero-order valence-corrected chi connectivity index (χ0v) is 15.3. The summed E-state index contributed by atoms with van der Waals surface area (Å²) >= 11 is 0. The molecule has 28 heavy (non-hydrogen) atoms. The maximum Gasteiger partial charge on any atom is 0.276 e. The molecule has 0 aliphatic heterocycles. The summed E-state index contributed by atoms with van der Waals surface area (Å²) in [5, 5.41) is 13.4. The molecule has 0 saturated heterocycles. The topological polar surface area (TPSA) is 75.0 Å². The largest absolute Gasteiger partial charge is 0.545 e. The summed E-state index contributed by atoms with van der Waals surface area (Å²) < 4.78 is 1.58. The molecule has 4 rings (SSSR count). The molecule has 138 valence electrons. The second kappa shape index (κ2) is 7.12. The maximum atomic E-state index is 12.8. The Labute approximate surface area is 161 Å². The molecule has 0 fully saturated rings. The van der Waals surface area contributed by atoms with Crippen molar-refractivity contribution in [3.8, 4) is 0 Å². The van der Waals surface area contributed by atoms with E-state index in [0.29, 0.717) is 17.6 Å². The zero-order chi connectivity index (χ0) is 19.7. The van der Waals surface area contributed by atoms with Gasteiger partial charge in [-0.15, -0.1) is 0 Å². The van der Waals surface area contributed by atoms with Crippen LogP contribution in [0.15, 0.2) is 65.5 Å². The van der Waals surface area contributed by atoms with Gasteiger partial charge in [0.15, 0.2) is 0 Å². The summed E-state index contributed by atoms with van der Waals surface area (Å²) in [4.78, 5) is 28.3. The van der Waals surface area contributed by atoms with Crippen LogP contribution in [0.25, 0.3) is 34.0 Å². The van der Waals surface area contributed by atoms with Crippen LogP contribution in [0.4, 0.5) is 0 Å². The zero-order valence-electron chi connectivity index (χ0n) is 15.3. The summed E-state index contributed by atoms with van der Waals surface area (Å²) in [5.74, 6) is -1.27. The number of nitrogens with zero attached hydrogens (tertiary/aromatic N) is 2.